The highest BCUT2D eigenvalue weighted by Gasteiger charge is 2.21. The highest BCUT2D eigenvalue weighted by molar-refractivity contribution is 6.00. The molecule has 3 rings (SSSR count). The van der Waals surface area contributed by atoms with Gasteiger partial charge in [0.25, 0.3) is 0 Å². The van der Waals surface area contributed by atoms with Crippen LogP contribution < -0.4 is 0 Å². The maximum atomic E-state index is 12.7. The summed E-state index contributed by atoms with van der Waals surface area (Å²) in [5.74, 6) is -0.565. The number of fused-ring (bicyclic) bond motifs is 1. The molecule has 0 aliphatic heterocycles. The smallest absolute Gasteiger partial charge is 0.339 e. The first-order chi connectivity index (χ1) is 12.3. The number of rotatable bonds is 4. The van der Waals surface area contributed by atoms with E-state index in [1.165, 1.54) is 16.7 Å². The van der Waals surface area contributed by atoms with Crippen molar-refractivity contribution < 1.29 is 14.3 Å². The van der Waals surface area contributed by atoms with Gasteiger partial charge in [-0.1, -0.05) is 12.1 Å². The van der Waals surface area contributed by atoms with E-state index in [2.05, 4.69) is 6.92 Å². The maximum absolute atomic E-state index is 12.7. The van der Waals surface area contributed by atoms with E-state index in [4.69, 9.17) is 4.74 Å². The lowest BCUT2D eigenvalue weighted by Gasteiger charge is -2.17. The number of esters is 1. The topological polar surface area (TPSA) is 43.4 Å². The zero-order valence-corrected chi connectivity index (χ0v) is 16.3. The molecule has 0 bridgehead atoms. The van der Waals surface area contributed by atoms with E-state index in [1.807, 2.05) is 45.9 Å². The van der Waals surface area contributed by atoms with Crippen LogP contribution in [0.25, 0.3) is 0 Å². The van der Waals surface area contributed by atoms with E-state index in [9.17, 15) is 9.59 Å². The second-order valence-corrected chi connectivity index (χ2v) is 7.34. The molecule has 0 unspecified atom stereocenters. The van der Waals surface area contributed by atoms with Crippen molar-refractivity contribution in [3.8, 4) is 0 Å². The molecule has 1 aliphatic carbocycles. The van der Waals surface area contributed by atoms with Gasteiger partial charge < -0.3 is 4.74 Å². The molecule has 136 valence electrons. The molecule has 3 nitrogen and oxygen atoms in total. The zero-order chi connectivity index (χ0) is 19.0. The molecule has 0 spiro atoms. The minimum Gasteiger partial charge on any atom is -0.454 e. The second-order valence-electron chi connectivity index (χ2n) is 7.34. The number of carbonyl (C=O) groups is 2. The molecule has 0 radical (unpaired) electrons. The predicted octanol–water partition coefficient (Wildman–Crippen LogP) is 4.76. The van der Waals surface area contributed by atoms with Gasteiger partial charge in [-0.25, -0.2) is 4.79 Å². The van der Waals surface area contributed by atoms with Crippen molar-refractivity contribution in [3.63, 3.8) is 0 Å². The van der Waals surface area contributed by atoms with E-state index in [0.29, 0.717) is 11.1 Å². The number of hydrogen-bond donors (Lipinski definition) is 0. The third-order valence-corrected chi connectivity index (χ3v) is 5.96. The van der Waals surface area contributed by atoms with Gasteiger partial charge in [0.15, 0.2) is 12.4 Å². The summed E-state index contributed by atoms with van der Waals surface area (Å²) in [5.41, 5.74) is 9.06. The summed E-state index contributed by atoms with van der Waals surface area (Å²) < 4.78 is 5.39. The van der Waals surface area contributed by atoms with Gasteiger partial charge >= 0.3 is 5.97 Å². The third-order valence-electron chi connectivity index (χ3n) is 5.96. The molecule has 0 saturated heterocycles. The van der Waals surface area contributed by atoms with Crippen LogP contribution in [0.15, 0.2) is 18.2 Å². The van der Waals surface area contributed by atoms with Crippen molar-refractivity contribution in [3.05, 3.63) is 68.3 Å². The van der Waals surface area contributed by atoms with Crippen molar-refractivity contribution in [2.24, 2.45) is 0 Å². The van der Waals surface area contributed by atoms with Crippen LogP contribution in [0.3, 0.4) is 0 Å². The van der Waals surface area contributed by atoms with Crippen LogP contribution in [0, 0.1) is 34.6 Å². The molecule has 26 heavy (non-hydrogen) atoms. The molecule has 0 saturated carbocycles. The Morgan fingerprint density at radius 3 is 2.08 bits per heavy atom. The van der Waals surface area contributed by atoms with Gasteiger partial charge in [-0.15, -0.1) is 0 Å². The fourth-order valence-corrected chi connectivity index (χ4v) is 3.84. The summed E-state index contributed by atoms with van der Waals surface area (Å²) in [5, 5.41) is 0. The number of carbonyl (C=O) groups excluding carboxylic acids is 2. The zero-order valence-electron chi connectivity index (χ0n) is 16.3. The van der Waals surface area contributed by atoms with Crippen molar-refractivity contribution in [1.82, 2.24) is 0 Å². The lowest BCUT2D eigenvalue weighted by molar-refractivity contribution is 0.0473. The average Bonchev–Trinajstić information content (AvgIpc) is 3.10. The Labute approximate surface area is 155 Å². The quantitative estimate of drug-likeness (QED) is 0.590. The lowest BCUT2D eigenvalue weighted by Crippen LogP contribution is -2.17. The Kier molecular flexibility index (Phi) is 4.99. The highest BCUT2D eigenvalue weighted by atomic mass is 16.5. The number of ether oxygens (including phenoxy) is 1. The van der Waals surface area contributed by atoms with Crippen molar-refractivity contribution >= 4 is 11.8 Å². The first-order valence-corrected chi connectivity index (χ1v) is 9.20. The van der Waals surface area contributed by atoms with Crippen LogP contribution in [0.1, 0.15) is 66.1 Å². The Balaban J connectivity index is 1.76. The van der Waals surface area contributed by atoms with Crippen molar-refractivity contribution in [2.75, 3.05) is 6.61 Å². The van der Waals surface area contributed by atoms with E-state index in [-0.39, 0.29) is 12.4 Å². The molecule has 2 aromatic carbocycles. The van der Waals surface area contributed by atoms with Crippen molar-refractivity contribution in [2.45, 2.75) is 53.9 Å². The predicted molar refractivity (Wildman–Crippen MR) is 103 cm³/mol. The lowest BCUT2D eigenvalue weighted by atomic mass is 9.90. The van der Waals surface area contributed by atoms with Gasteiger partial charge in [0.2, 0.25) is 0 Å². The minimum atomic E-state index is -0.416. The number of hydrogen-bond acceptors (Lipinski definition) is 3. The van der Waals surface area contributed by atoms with Crippen LogP contribution in [-0.2, 0) is 17.6 Å². The Hall–Kier alpha value is -2.42. The summed E-state index contributed by atoms with van der Waals surface area (Å²) in [4.78, 5) is 25.1. The molecule has 0 atom stereocenters. The summed E-state index contributed by atoms with van der Waals surface area (Å²) in [6.45, 7) is 9.76. The van der Waals surface area contributed by atoms with Crippen LogP contribution in [0.2, 0.25) is 0 Å². The largest absolute Gasteiger partial charge is 0.454 e. The molecule has 1 aliphatic rings. The summed E-state index contributed by atoms with van der Waals surface area (Å²) in [7, 11) is 0. The third kappa shape index (κ3) is 3.18. The van der Waals surface area contributed by atoms with Crippen LogP contribution in [0.5, 0.6) is 0 Å². The molecule has 0 aromatic heterocycles. The Bertz CT molecular complexity index is 877. The molecular formula is C23H26O3. The first-order valence-electron chi connectivity index (χ1n) is 9.20. The monoisotopic (exact) mass is 350 g/mol. The van der Waals surface area contributed by atoms with Gasteiger partial charge in [-0.2, -0.15) is 0 Å². The van der Waals surface area contributed by atoms with Crippen LogP contribution in [0.4, 0.5) is 0 Å². The molecule has 0 amide bonds. The molecular weight excluding hydrogens is 324 g/mol. The molecule has 2 aromatic rings. The Morgan fingerprint density at radius 2 is 1.42 bits per heavy atom. The van der Waals surface area contributed by atoms with Gasteiger partial charge in [-0.05, 0) is 98.9 Å². The second kappa shape index (κ2) is 7.06. The molecule has 3 heteroatoms. The highest BCUT2D eigenvalue weighted by Crippen LogP contribution is 2.27. The van der Waals surface area contributed by atoms with Gasteiger partial charge in [0, 0.05) is 5.56 Å². The summed E-state index contributed by atoms with van der Waals surface area (Å²) in [6, 6.07) is 5.82. The normalized spacial score (nSPS) is 12.8. The fraction of sp³-hybridized carbons (Fsp3) is 0.391. The number of benzene rings is 2. The Morgan fingerprint density at radius 1 is 0.846 bits per heavy atom. The molecule has 0 N–H and O–H groups in total. The fourth-order valence-electron chi connectivity index (χ4n) is 3.84. The minimum absolute atomic E-state index is 0.149. The van der Waals surface area contributed by atoms with E-state index < -0.39 is 5.97 Å². The van der Waals surface area contributed by atoms with Crippen LogP contribution >= 0.6 is 0 Å². The first kappa shape index (κ1) is 18.4. The van der Waals surface area contributed by atoms with Crippen molar-refractivity contribution in [1.29, 1.82) is 0 Å². The number of aryl methyl sites for hydroxylation is 2. The standard InChI is InChI=1S/C23H26O3/c1-13-14(2)16(4)22(17(5)15(13)3)23(25)26-12-21(24)20-10-9-18-7-6-8-19(18)11-20/h9-11H,6-8,12H2,1-5H3. The number of ketones is 1. The summed E-state index contributed by atoms with van der Waals surface area (Å²) in [6.07, 6.45) is 3.26. The molecule has 0 fully saturated rings. The van der Waals surface area contributed by atoms with Gasteiger partial charge in [0.1, 0.15) is 0 Å². The SMILES string of the molecule is Cc1c(C)c(C)c(C(=O)OCC(=O)c2ccc3c(c2)CCC3)c(C)c1C. The molecule has 0 heterocycles. The van der Waals surface area contributed by atoms with Gasteiger partial charge in [-0.3, -0.25) is 4.79 Å². The van der Waals surface area contributed by atoms with Gasteiger partial charge in [0.05, 0.1) is 5.56 Å². The summed E-state index contributed by atoms with van der Waals surface area (Å²) >= 11 is 0. The average molecular weight is 350 g/mol. The van der Waals surface area contributed by atoms with Crippen LogP contribution in [-0.4, -0.2) is 18.4 Å². The van der Waals surface area contributed by atoms with E-state index in [1.54, 1.807) is 0 Å². The maximum Gasteiger partial charge on any atom is 0.339 e. The van der Waals surface area contributed by atoms with E-state index in [0.717, 1.165) is 41.5 Å². The number of Topliss-reactive ketones (excluding diaryl/α,β-unsaturated/α-hetero) is 1. The van der Waals surface area contributed by atoms with E-state index >= 15 is 0 Å².